The van der Waals surface area contributed by atoms with Gasteiger partial charge in [-0.1, -0.05) is 6.07 Å². The number of fused-ring (bicyclic) bond motifs is 1. The number of hydrogen-bond donors (Lipinski definition) is 0. The molecule has 3 aromatic rings. The van der Waals surface area contributed by atoms with Crippen LogP contribution in [0.1, 0.15) is 5.56 Å². The van der Waals surface area contributed by atoms with E-state index < -0.39 is 0 Å². The van der Waals surface area contributed by atoms with Gasteiger partial charge in [0.15, 0.2) is 5.65 Å². The number of rotatable bonds is 4. The van der Waals surface area contributed by atoms with Gasteiger partial charge in [-0.2, -0.15) is 5.10 Å². The highest BCUT2D eigenvalue weighted by molar-refractivity contribution is 5.75. The molecule has 114 valence electrons. The number of hydrogen-bond acceptors (Lipinski definition) is 4. The molecule has 0 N–H and O–H groups in total. The van der Waals surface area contributed by atoms with Gasteiger partial charge in [-0.05, 0) is 12.1 Å². The molecule has 0 fully saturated rings. The minimum atomic E-state index is -0.321. The monoisotopic (exact) mass is 300 g/mol. The van der Waals surface area contributed by atoms with Crippen molar-refractivity contribution in [3.8, 4) is 0 Å². The maximum Gasteiger partial charge on any atom is 0.350 e. The molecule has 3 aromatic heterocycles. The molecule has 0 aliphatic rings. The van der Waals surface area contributed by atoms with E-state index in [1.54, 1.807) is 47.2 Å². The van der Waals surface area contributed by atoms with Crippen LogP contribution in [0.25, 0.3) is 5.65 Å². The largest absolute Gasteiger partial charge is 0.350 e. The molecule has 0 unspecified atom stereocenters. The Morgan fingerprint density at radius 3 is 2.86 bits per heavy atom. The molecule has 0 radical (unpaired) electrons. The Labute approximate surface area is 126 Å². The van der Waals surface area contributed by atoms with Gasteiger partial charge in [0.05, 0.1) is 6.20 Å². The normalized spacial score (nSPS) is 11.0. The lowest BCUT2D eigenvalue weighted by Crippen LogP contribution is -2.33. The first-order chi connectivity index (χ1) is 10.5. The van der Waals surface area contributed by atoms with Crippen LogP contribution < -0.4 is 5.69 Å². The van der Waals surface area contributed by atoms with Crippen LogP contribution in [0.2, 0.25) is 0 Å². The zero-order valence-corrected chi connectivity index (χ0v) is 12.4. The van der Waals surface area contributed by atoms with E-state index in [4.69, 9.17) is 0 Å². The molecule has 3 rings (SSSR count). The molecular weight excluding hydrogens is 284 g/mol. The third kappa shape index (κ3) is 2.62. The van der Waals surface area contributed by atoms with Crippen molar-refractivity contribution in [1.29, 1.82) is 0 Å². The van der Waals surface area contributed by atoms with Crippen molar-refractivity contribution in [3.63, 3.8) is 0 Å². The van der Waals surface area contributed by atoms with Crippen LogP contribution >= 0.6 is 0 Å². The van der Waals surface area contributed by atoms with Crippen molar-refractivity contribution in [1.82, 2.24) is 28.9 Å². The van der Waals surface area contributed by atoms with Crippen LogP contribution in [0.5, 0.6) is 0 Å². The summed E-state index contributed by atoms with van der Waals surface area (Å²) in [5, 5.41) is 8.21. The average molecular weight is 300 g/mol. The van der Waals surface area contributed by atoms with Gasteiger partial charge in [0, 0.05) is 38.6 Å². The van der Waals surface area contributed by atoms with E-state index in [2.05, 4.69) is 10.2 Å². The summed E-state index contributed by atoms with van der Waals surface area (Å²) in [5.41, 5.74) is 1.13. The molecule has 8 nitrogen and oxygen atoms in total. The van der Waals surface area contributed by atoms with Crippen LogP contribution in [0.3, 0.4) is 0 Å². The lowest BCUT2D eigenvalue weighted by atomic mass is 10.3. The minimum absolute atomic E-state index is 0.0860. The van der Waals surface area contributed by atoms with Crippen molar-refractivity contribution in [2.45, 2.75) is 13.1 Å². The fourth-order valence-corrected chi connectivity index (χ4v) is 2.24. The molecule has 1 amide bonds. The third-order valence-electron chi connectivity index (χ3n) is 3.38. The molecule has 0 saturated carbocycles. The first-order valence-corrected chi connectivity index (χ1v) is 6.80. The summed E-state index contributed by atoms with van der Waals surface area (Å²) < 4.78 is 4.27. The smallest absolute Gasteiger partial charge is 0.340 e. The van der Waals surface area contributed by atoms with E-state index in [-0.39, 0.29) is 18.1 Å². The molecule has 22 heavy (non-hydrogen) atoms. The third-order valence-corrected chi connectivity index (χ3v) is 3.38. The fourth-order valence-electron chi connectivity index (χ4n) is 2.24. The van der Waals surface area contributed by atoms with E-state index in [1.165, 1.54) is 9.08 Å². The second-order valence-corrected chi connectivity index (χ2v) is 5.14. The molecule has 0 aliphatic heterocycles. The first-order valence-electron chi connectivity index (χ1n) is 6.80. The highest BCUT2D eigenvalue weighted by atomic mass is 16.2. The highest BCUT2D eigenvalue weighted by Gasteiger charge is 2.14. The second kappa shape index (κ2) is 5.47. The van der Waals surface area contributed by atoms with Crippen LogP contribution in [0, 0.1) is 0 Å². The van der Waals surface area contributed by atoms with Gasteiger partial charge >= 0.3 is 5.69 Å². The van der Waals surface area contributed by atoms with E-state index in [1.807, 2.05) is 13.2 Å². The number of nitrogens with zero attached hydrogens (tertiary/aromatic N) is 6. The molecule has 0 saturated heterocycles. The van der Waals surface area contributed by atoms with Crippen LogP contribution in [-0.2, 0) is 24.9 Å². The Bertz CT molecular complexity index is 875. The molecular formula is C14H16N6O2. The summed E-state index contributed by atoms with van der Waals surface area (Å²) in [6, 6.07) is 5.26. The number of carbonyl (C=O) groups is 1. The lowest BCUT2D eigenvalue weighted by Gasteiger charge is -2.15. The van der Waals surface area contributed by atoms with E-state index in [9.17, 15) is 9.59 Å². The van der Waals surface area contributed by atoms with Crippen molar-refractivity contribution in [3.05, 3.63) is 52.8 Å². The maximum atomic E-state index is 12.2. The number of pyridine rings is 1. The van der Waals surface area contributed by atoms with Gasteiger partial charge in [-0.15, -0.1) is 5.10 Å². The van der Waals surface area contributed by atoms with Crippen molar-refractivity contribution < 1.29 is 4.79 Å². The predicted molar refractivity (Wildman–Crippen MR) is 79.1 cm³/mol. The first kappa shape index (κ1) is 14.1. The molecule has 8 heteroatoms. The quantitative estimate of drug-likeness (QED) is 0.673. The number of aromatic nitrogens is 5. The summed E-state index contributed by atoms with van der Waals surface area (Å²) in [5.74, 6) is -0.186. The van der Waals surface area contributed by atoms with Crippen molar-refractivity contribution in [2.75, 3.05) is 7.05 Å². The van der Waals surface area contributed by atoms with E-state index in [0.717, 1.165) is 5.56 Å². The van der Waals surface area contributed by atoms with Crippen LogP contribution in [0.15, 0.2) is 41.6 Å². The Balaban J connectivity index is 1.75. The molecule has 0 aliphatic carbocycles. The second-order valence-electron chi connectivity index (χ2n) is 5.14. The number of amides is 1. The van der Waals surface area contributed by atoms with Gasteiger partial charge in [-0.25, -0.2) is 9.48 Å². The molecule has 0 spiro atoms. The van der Waals surface area contributed by atoms with Gasteiger partial charge in [0.1, 0.15) is 6.54 Å². The van der Waals surface area contributed by atoms with Crippen molar-refractivity contribution in [2.24, 2.45) is 7.05 Å². The lowest BCUT2D eigenvalue weighted by molar-refractivity contribution is -0.131. The summed E-state index contributed by atoms with van der Waals surface area (Å²) in [7, 11) is 3.51. The predicted octanol–water partition coefficient (Wildman–Crippen LogP) is -0.112. The van der Waals surface area contributed by atoms with E-state index >= 15 is 0 Å². The fraction of sp³-hybridized carbons (Fsp3) is 0.286. The molecule has 0 atom stereocenters. The summed E-state index contributed by atoms with van der Waals surface area (Å²) >= 11 is 0. The summed E-state index contributed by atoms with van der Waals surface area (Å²) in [4.78, 5) is 25.9. The molecule has 0 aromatic carbocycles. The van der Waals surface area contributed by atoms with E-state index in [0.29, 0.717) is 12.2 Å². The zero-order valence-electron chi connectivity index (χ0n) is 12.4. The Hall–Kier alpha value is -2.90. The van der Waals surface area contributed by atoms with Crippen LogP contribution in [-0.4, -0.2) is 41.8 Å². The van der Waals surface area contributed by atoms with Gasteiger partial charge in [-0.3, -0.25) is 13.9 Å². The molecule has 3 heterocycles. The topological polar surface area (TPSA) is 77.4 Å². The summed E-state index contributed by atoms with van der Waals surface area (Å²) in [6.07, 6.45) is 5.19. The van der Waals surface area contributed by atoms with Gasteiger partial charge < -0.3 is 4.90 Å². The summed E-state index contributed by atoms with van der Waals surface area (Å²) in [6.45, 7) is 0.353. The maximum absolute atomic E-state index is 12.2. The molecule has 0 bridgehead atoms. The Kier molecular flexibility index (Phi) is 3.50. The van der Waals surface area contributed by atoms with Crippen molar-refractivity contribution >= 4 is 11.6 Å². The Morgan fingerprint density at radius 2 is 2.18 bits per heavy atom. The zero-order chi connectivity index (χ0) is 15.7. The standard InChI is InChI=1S/C14H16N6O2/c1-17(8-11-7-15-18(2)9-11)13(21)10-20-14(22)19-6-4-3-5-12(19)16-20/h3-7,9H,8,10H2,1-2H3. The SMILES string of the molecule is CN(Cc1cnn(C)c1)C(=O)Cn1nc2ccccn2c1=O. The Morgan fingerprint density at radius 1 is 1.36 bits per heavy atom. The average Bonchev–Trinajstić information content (AvgIpc) is 3.04. The highest BCUT2D eigenvalue weighted by Crippen LogP contribution is 2.02. The number of aryl methyl sites for hydroxylation is 1. The van der Waals surface area contributed by atoms with Crippen LogP contribution in [0.4, 0.5) is 0 Å². The number of carbonyl (C=O) groups excluding carboxylic acids is 1. The minimum Gasteiger partial charge on any atom is -0.340 e. The van der Waals surface area contributed by atoms with Gasteiger partial charge in [0.2, 0.25) is 5.91 Å². The number of likely N-dealkylation sites (N-methyl/N-ethyl adjacent to an activating group) is 1. The van der Waals surface area contributed by atoms with Gasteiger partial charge in [0.25, 0.3) is 0 Å².